The summed E-state index contributed by atoms with van der Waals surface area (Å²) in [5.74, 6) is 0.225. The minimum absolute atomic E-state index is 0.225. The smallest absolute Gasteiger partial charge is 0.164 e. The lowest BCUT2D eigenvalue weighted by atomic mass is 10.1. The van der Waals surface area contributed by atoms with Crippen molar-refractivity contribution in [1.82, 2.24) is 0 Å². The van der Waals surface area contributed by atoms with Gasteiger partial charge >= 0.3 is 0 Å². The van der Waals surface area contributed by atoms with E-state index in [1.165, 1.54) is 5.56 Å². The summed E-state index contributed by atoms with van der Waals surface area (Å²) in [7, 11) is 0. The maximum atomic E-state index is 11.7. The second kappa shape index (κ2) is 5.05. The lowest BCUT2D eigenvalue weighted by Gasteiger charge is -1.96. The summed E-state index contributed by atoms with van der Waals surface area (Å²) in [6.45, 7) is 0. The number of rotatable bonds is 4. The lowest BCUT2D eigenvalue weighted by molar-refractivity contribution is 0.0983. The predicted molar refractivity (Wildman–Crippen MR) is 69.0 cm³/mol. The number of hydrogen-bond acceptors (Lipinski definition) is 3. The van der Waals surface area contributed by atoms with Gasteiger partial charge in [0.1, 0.15) is 0 Å². The number of thiophene rings is 2. The molecule has 0 spiro atoms. The Morgan fingerprint density at radius 1 is 1.40 bits per heavy atom. The molecule has 0 atom stereocenters. The first kappa shape index (κ1) is 11.0. The third kappa shape index (κ3) is 3.00. The Kier molecular flexibility index (Phi) is 3.72. The van der Waals surface area contributed by atoms with Crippen molar-refractivity contribution in [3.8, 4) is 0 Å². The van der Waals surface area contributed by atoms with Crippen LogP contribution in [0.15, 0.2) is 32.1 Å². The SMILES string of the molecule is O=C(CCc1ccsc1)c1csc(Br)c1. The van der Waals surface area contributed by atoms with Crippen molar-refractivity contribution in [3.05, 3.63) is 43.2 Å². The normalized spacial score (nSPS) is 10.5. The van der Waals surface area contributed by atoms with Gasteiger partial charge in [-0.25, -0.2) is 0 Å². The summed E-state index contributed by atoms with van der Waals surface area (Å²) < 4.78 is 1.02. The van der Waals surface area contributed by atoms with Crippen LogP contribution < -0.4 is 0 Å². The van der Waals surface area contributed by atoms with E-state index in [4.69, 9.17) is 0 Å². The molecule has 2 heterocycles. The zero-order valence-electron chi connectivity index (χ0n) is 7.90. The van der Waals surface area contributed by atoms with E-state index in [0.29, 0.717) is 6.42 Å². The molecule has 2 aromatic heterocycles. The van der Waals surface area contributed by atoms with E-state index in [0.717, 1.165) is 15.8 Å². The fourth-order valence-electron chi connectivity index (χ4n) is 1.29. The van der Waals surface area contributed by atoms with Crippen LogP contribution in [-0.2, 0) is 6.42 Å². The van der Waals surface area contributed by atoms with Crippen molar-refractivity contribution in [2.24, 2.45) is 0 Å². The largest absolute Gasteiger partial charge is 0.294 e. The van der Waals surface area contributed by atoms with E-state index in [-0.39, 0.29) is 5.78 Å². The summed E-state index contributed by atoms with van der Waals surface area (Å²) >= 11 is 6.59. The molecular weight excluding hydrogens is 292 g/mol. The van der Waals surface area contributed by atoms with Gasteiger partial charge in [0.2, 0.25) is 0 Å². The van der Waals surface area contributed by atoms with Crippen molar-refractivity contribution in [2.75, 3.05) is 0 Å². The van der Waals surface area contributed by atoms with Crippen molar-refractivity contribution in [1.29, 1.82) is 0 Å². The van der Waals surface area contributed by atoms with Crippen LogP contribution in [0.4, 0.5) is 0 Å². The van der Waals surface area contributed by atoms with E-state index in [9.17, 15) is 4.79 Å². The molecule has 0 fully saturated rings. The Bertz CT molecular complexity index is 445. The van der Waals surface area contributed by atoms with Crippen LogP contribution >= 0.6 is 38.6 Å². The van der Waals surface area contributed by atoms with Crippen LogP contribution in [0, 0.1) is 0 Å². The maximum Gasteiger partial charge on any atom is 0.164 e. The van der Waals surface area contributed by atoms with E-state index in [1.807, 2.05) is 16.8 Å². The first-order chi connectivity index (χ1) is 7.25. The Hall–Kier alpha value is -0.450. The molecule has 2 aromatic rings. The first-order valence-corrected chi connectivity index (χ1v) is 7.15. The van der Waals surface area contributed by atoms with Gasteiger partial charge in [0.15, 0.2) is 5.78 Å². The quantitative estimate of drug-likeness (QED) is 0.766. The number of carbonyl (C=O) groups excluding carboxylic acids is 1. The summed E-state index contributed by atoms with van der Waals surface area (Å²) in [6.07, 6.45) is 1.44. The van der Waals surface area contributed by atoms with Gasteiger partial charge in [-0.3, -0.25) is 4.79 Å². The summed E-state index contributed by atoms with van der Waals surface area (Å²) in [5.41, 5.74) is 2.07. The second-order valence-corrected chi connectivity index (χ2v) is 6.26. The molecule has 0 amide bonds. The highest BCUT2D eigenvalue weighted by molar-refractivity contribution is 9.11. The van der Waals surface area contributed by atoms with Crippen LogP contribution in [0.3, 0.4) is 0 Å². The Balaban J connectivity index is 1.93. The highest BCUT2D eigenvalue weighted by Crippen LogP contribution is 2.22. The zero-order valence-corrected chi connectivity index (χ0v) is 11.1. The minimum atomic E-state index is 0.225. The van der Waals surface area contributed by atoms with Crippen LogP contribution in [-0.4, -0.2) is 5.78 Å². The third-order valence-corrected chi connectivity index (χ3v) is 4.35. The molecule has 0 aromatic carbocycles. The molecule has 0 radical (unpaired) electrons. The molecule has 0 aliphatic rings. The van der Waals surface area contributed by atoms with Crippen molar-refractivity contribution >= 4 is 44.4 Å². The summed E-state index contributed by atoms with van der Waals surface area (Å²) in [5, 5.41) is 6.04. The highest BCUT2D eigenvalue weighted by atomic mass is 79.9. The molecule has 2 rings (SSSR count). The van der Waals surface area contributed by atoms with E-state index in [1.54, 1.807) is 22.7 Å². The number of halogens is 1. The standard InChI is InChI=1S/C11H9BrOS2/c12-11-5-9(7-15-11)10(13)2-1-8-3-4-14-6-8/h3-7H,1-2H2. The number of Topliss-reactive ketones (excluding diaryl/α,β-unsaturated/α-hetero) is 1. The molecule has 0 N–H and O–H groups in total. The van der Waals surface area contributed by atoms with Gasteiger partial charge in [-0.15, -0.1) is 11.3 Å². The lowest BCUT2D eigenvalue weighted by Crippen LogP contribution is -1.98. The van der Waals surface area contributed by atoms with Crippen LogP contribution in [0.25, 0.3) is 0 Å². The zero-order chi connectivity index (χ0) is 10.7. The molecule has 4 heteroatoms. The van der Waals surface area contributed by atoms with Gasteiger partial charge in [0.05, 0.1) is 3.79 Å². The molecule has 0 aliphatic heterocycles. The molecule has 1 nitrogen and oxygen atoms in total. The number of carbonyl (C=O) groups is 1. The van der Waals surface area contributed by atoms with E-state index >= 15 is 0 Å². The monoisotopic (exact) mass is 300 g/mol. The molecule has 15 heavy (non-hydrogen) atoms. The van der Waals surface area contributed by atoms with Crippen molar-refractivity contribution in [2.45, 2.75) is 12.8 Å². The number of aryl methyl sites for hydroxylation is 1. The van der Waals surface area contributed by atoms with Crippen LogP contribution in [0.2, 0.25) is 0 Å². The van der Waals surface area contributed by atoms with Gasteiger partial charge in [-0.05, 0) is 50.8 Å². The van der Waals surface area contributed by atoms with Gasteiger partial charge in [0.25, 0.3) is 0 Å². The minimum Gasteiger partial charge on any atom is -0.294 e. The fourth-order valence-corrected chi connectivity index (χ4v) is 3.16. The van der Waals surface area contributed by atoms with Gasteiger partial charge in [-0.1, -0.05) is 0 Å². The van der Waals surface area contributed by atoms with Gasteiger partial charge in [0, 0.05) is 17.4 Å². The maximum absolute atomic E-state index is 11.7. The van der Waals surface area contributed by atoms with Crippen LogP contribution in [0.5, 0.6) is 0 Å². The predicted octanol–water partition coefficient (Wildman–Crippen LogP) is 4.39. The first-order valence-electron chi connectivity index (χ1n) is 4.54. The number of hydrogen-bond donors (Lipinski definition) is 0. The Labute approximate surface area is 105 Å². The Morgan fingerprint density at radius 2 is 2.27 bits per heavy atom. The summed E-state index contributed by atoms with van der Waals surface area (Å²) in [6, 6.07) is 3.96. The Morgan fingerprint density at radius 3 is 2.87 bits per heavy atom. The fraction of sp³-hybridized carbons (Fsp3) is 0.182. The average molecular weight is 301 g/mol. The molecule has 0 saturated heterocycles. The third-order valence-electron chi connectivity index (χ3n) is 2.11. The topological polar surface area (TPSA) is 17.1 Å². The molecule has 0 unspecified atom stereocenters. The average Bonchev–Trinajstić information content (AvgIpc) is 2.84. The summed E-state index contributed by atoms with van der Waals surface area (Å²) in [4.78, 5) is 11.7. The van der Waals surface area contributed by atoms with E-state index < -0.39 is 0 Å². The highest BCUT2D eigenvalue weighted by Gasteiger charge is 2.08. The molecule has 0 bridgehead atoms. The van der Waals surface area contributed by atoms with Gasteiger partial charge < -0.3 is 0 Å². The molecule has 0 saturated carbocycles. The molecule has 78 valence electrons. The molecular formula is C11H9BrOS2. The van der Waals surface area contributed by atoms with Gasteiger partial charge in [-0.2, -0.15) is 11.3 Å². The molecule has 0 aliphatic carbocycles. The van der Waals surface area contributed by atoms with E-state index in [2.05, 4.69) is 27.4 Å². The van der Waals surface area contributed by atoms with Crippen molar-refractivity contribution < 1.29 is 4.79 Å². The second-order valence-electron chi connectivity index (χ2n) is 3.19. The number of ketones is 1. The van der Waals surface area contributed by atoms with Crippen molar-refractivity contribution in [3.63, 3.8) is 0 Å². The van der Waals surface area contributed by atoms with Crippen LogP contribution in [0.1, 0.15) is 22.3 Å².